The van der Waals surface area contributed by atoms with Crippen LogP contribution in [0.15, 0.2) is 60.8 Å². The van der Waals surface area contributed by atoms with Crippen LogP contribution >= 0.6 is 0 Å². The van der Waals surface area contributed by atoms with Gasteiger partial charge in [0.25, 0.3) is 0 Å². The SMILES string of the molecule is CCC(CC)(CC(=O)c1cnn2c1NC(c1ccccc1)CC2(C)C)Cc1ccc(C)cc1. The molecule has 1 unspecified atom stereocenters. The molecule has 2 heterocycles. The Hall–Kier alpha value is -2.88. The molecule has 3 aromatic rings. The van der Waals surface area contributed by atoms with Crippen molar-refractivity contribution in [2.45, 2.75) is 78.3 Å². The molecule has 0 bridgehead atoms. The second-order valence-electron chi connectivity index (χ2n) is 10.4. The molecule has 0 radical (unpaired) electrons. The maximum absolute atomic E-state index is 13.7. The van der Waals surface area contributed by atoms with Crippen molar-refractivity contribution in [3.63, 3.8) is 0 Å². The van der Waals surface area contributed by atoms with Crippen molar-refractivity contribution in [2.24, 2.45) is 5.41 Å². The molecule has 0 amide bonds. The Labute approximate surface area is 198 Å². The molecule has 0 spiro atoms. The first-order valence-electron chi connectivity index (χ1n) is 12.3. The molecule has 0 fully saturated rings. The van der Waals surface area contributed by atoms with Gasteiger partial charge in [-0.3, -0.25) is 4.79 Å². The highest BCUT2D eigenvalue weighted by molar-refractivity contribution is 6.01. The van der Waals surface area contributed by atoms with Crippen LogP contribution < -0.4 is 5.32 Å². The number of carbonyl (C=O) groups is 1. The Balaban J connectivity index is 1.61. The zero-order chi connectivity index (χ0) is 23.6. The van der Waals surface area contributed by atoms with E-state index in [1.807, 2.05) is 10.7 Å². The van der Waals surface area contributed by atoms with E-state index in [9.17, 15) is 4.79 Å². The van der Waals surface area contributed by atoms with E-state index in [-0.39, 0.29) is 22.8 Å². The average Bonchev–Trinajstić information content (AvgIpc) is 3.26. The van der Waals surface area contributed by atoms with Crippen LogP contribution in [-0.2, 0) is 12.0 Å². The van der Waals surface area contributed by atoms with Gasteiger partial charge in [-0.1, -0.05) is 74.0 Å². The summed E-state index contributed by atoms with van der Waals surface area (Å²) in [4.78, 5) is 13.7. The summed E-state index contributed by atoms with van der Waals surface area (Å²) in [5.74, 6) is 1.05. The molecule has 0 saturated heterocycles. The lowest BCUT2D eigenvalue weighted by molar-refractivity contribution is 0.0897. The molecule has 1 aromatic heterocycles. The summed E-state index contributed by atoms with van der Waals surface area (Å²) in [5, 5.41) is 8.32. The standard InChI is InChI=1S/C29H37N3O/c1-6-29(7-2,17-22-15-13-21(3)14-16-22)19-26(33)24-20-30-32-27(24)31-25(18-28(32,4)5)23-11-9-8-10-12-23/h8-16,20,25,31H,6-7,17-19H2,1-5H3. The van der Waals surface area contributed by atoms with Gasteiger partial charge in [0.2, 0.25) is 0 Å². The maximum atomic E-state index is 13.7. The summed E-state index contributed by atoms with van der Waals surface area (Å²) in [5.41, 5.74) is 4.31. The van der Waals surface area contributed by atoms with Crippen molar-refractivity contribution in [1.82, 2.24) is 9.78 Å². The van der Waals surface area contributed by atoms with Crippen molar-refractivity contribution in [1.29, 1.82) is 0 Å². The number of nitrogens with zero attached hydrogens (tertiary/aromatic N) is 2. The summed E-state index contributed by atoms with van der Waals surface area (Å²) < 4.78 is 2.01. The Kier molecular flexibility index (Phi) is 6.47. The van der Waals surface area contributed by atoms with Crippen LogP contribution in [0.2, 0.25) is 0 Å². The molecule has 1 aliphatic heterocycles. The summed E-state index contributed by atoms with van der Waals surface area (Å²) in [6.07, 6.45) is 6.09. The molecule has 4 heteroatoms. The highest BCUT2D eigenvalue weighted by Gasteiger charge is 2.38. The van der Waals surface area contributed by atoms with Crippen LogP contribution in [0.4, 0.5) is 5.82 Å². The molecule has 1 aliphatic rings. The molecule has 4 nitrogen and oxygen atoms in total. The number of carbonyl (C=O) groups excluding carboxylic acids is 1. The fraction of sp³-hybridized carbons (Fsp3) is 0.448. The summed E-state index contributed by atoms with van der Waals surface area (Å²) in [7, 11) is 0. The molecule has 0 aliphatic carbocycles. The molecular weight excluding hydrogens is 406 g/mol. The largest absolute Gasteiger partial charge is 0.363 e. The number of anilines is 1. The predicted octanol–water partition coefficient (Wildman–Crippen LogP) is 7.11. The monoisotopic (exact) mass is 443 g/mol. The van der Waals surface area contributed by atoms with E-state index in [0.717, 1.165) is 37.1 Å². The molecule has 174 valence electrons. The number of nitrogens with one attached hydrogen (secondary N) is 1. The van der Waals surface area contributed by atoms with Gasteiger partial charge >= 0.3 is 0 Å². The van der Waals surface area contributed by atoms with Gasteiger partial charge in [-0.25, -0.2) is 4.68 Å². The fourth-order valence-electron chi connectivity index (χ4n) is 5.23. The summed E-state index contributed by atoms with van der Waals surface area (Å²) >= 11 is 0. The number of benzene rings is 2. The van der Waals surface area contributed by atoms with E-state index >= 15 is 0 Å². The molecule has 33 heavy (non-hydrogen) atoms. The average molecular weight is 444 g/mol. The van der Waals surface area contributed by atoms with Crippen molar-refractivity contribution in [3.05, 3.63) is 83.0 Å². The van der Waals surface area contributed by atoms with Gasteiger partial charge in [0.1, 0.15) is 5.82 Å². The van der Waals surface area contributed by atoms with Crippen LogP contribution in [0, 0.1) is 12.3 Å². The maximum Gasteiger partial charge on any atom is 0.168 e. The normalized spacial score (nSPS) is 17.3. The Morgan fingerprint density at radius 1 is 1.09 bits per heavy atom. The molecule has 1 N–H and O–H groups in total. The number of aromatic nitrogens is 2. The third kappa shape index (κ3) is 4.75. The van der Waals surface area contributed by atoms with Crippen molar-refractivity contribution >= 4 is 11.6 Å². The van der Waals surface area contributed by atoms with Crippen LogP contribution in [0.25, 0.3) is 0 Å². The number of aryl methyl sites for hydroxylation is 1. The zero-order valence-electron chi connectivity index (χ0n) is 20.7. The Morgan fingerprint density at radius 2 is 1.76 bits per heavy atom. The summed E-state index contributed by atoms with van der Waals surface area (Å²) in [6, 6.07) is 19.4. The fourth-order valence-corrected chi connectivity index (χ4v) is 5.23. The third-order valence-electron chi connectivity index (χ3n) is 7.59. The first-order valence-corrected chi connectivity index (χ1v) is 12.3. The van der Waals surface area contributed by atoms with Crippen LogP contribution in [0.1, 0.15) is 86.5 Å². The van der Waals surface area contributed by atoms with Gasteiger partial charge in [-0.2, -0.15) is 5.10 Å². The van der Waals surface area contributed by atoms with E-state index < -0.39 is 0 Å². The highest BCUT2D eigenvalue weighted by atomic mass is 16.1. The number of hydrogen-bond acceptors (Lipinski definition) is 3. The minimum Gasteiger partial charge on any atom is -0.363 e. The topological polar surface area (TPSA) is 46.9 Å². The van der Waals surface area contributed by atoms with E-state index in [0.29, 0.717) is 6.42 Å². The first kappa shape index (κ1) is 23.3. The van der Waals surface area contributed by atoms with Crippen LogP contribution in [0.5, 0.6) is 0 Å². The van der Waals surface area contributed by atoms with Crippen LogP contribution in [0.3, 0.4) is 0 Å². The van der Waals surface area contributed by atoms with Gasteiger partial charge in [0.05, 0.1) is 23.3 Å². The van der Waals surface area contributed by atoms with Gasteiger partial charge in [0.15, 0.2) is 5.78 Å². The number of rotatable bonds is 8. The first-order chi connectivity index (χ1) is 15.8. The van der Waals surface area contributed by atoms with Crippen molar-refractivity contribution in [3.8, 4) is 0 Å². The van der Waals surface area contributed by atoms with Gasteiger partial charge < -0.3 is 5.32 Å². The van der Waals surface area contributed by atoms with Crippen molar-refractivity contribution < 1.29 is 4.79 Å². The minimum atomic E-state index is -0.172. The smallest absolute Gasteiger partial charge is 0.168 e. The number of fused-ring (bicyclic) bond motifs is 1. The number of hydrogen-bond donors (Lipinski definition) is 1. The lowest BCUT2D eigenvalue weighted by atomic mass is 9.72. The van der Waals surface area contributed by atoms with E-state index in [1.165, 1.54) is 16.7 Å². The molecule has 2 aromatic carbocycles. The second-order valence-corrected chi connectivity index (χ2v) is 10.4. The van der Waals surface area contributed by atoms with Gasteiger partial charge in [-0.05, 0) is 63.0 Å². The lowest BCUT2D eigenvalue weighted by Crippen LogP contribution is -2.38. The van der Waals surface area contributed by atoms with Crippen LogP contribution in [-0.4, -0.2) is 15.6 Å². The van der Waals surface area contributed by atoms with Gasteiger partial charge in [-0.15, -0.1) is 0 Å². The zero-order valence-corrected chi connectivity index (χ0v) is 20.7. The second kappa shape index (κ2) is 9.17. The molecule has 0 saturated carbocycles. The van der Waals surface area contributed by atoms with Gasteiger partial charge in [0, 0.05) is 6.42 Å². The summed E-state index contributed by atoms with van der Waals surface area (Å²) in [6.45, 7) is 10.9. The third-order valence-corrected chi connectivity index (χ3v) is 7.59. The highest BCUT2D eigenvalue weighted by Crippen LogP contribution is 2.42. The van der Waals surface area contributed by atoms with E-state index in [1.54, 1.807) is 6.20 Å². The Bertz CT molecular complexity index is 1090. The Morgan fingerprint density at radius 3 is 2.39 bits per heavy atom. The lowest BCUT2D eigenvalue weighted by Gasteiger charge is -2.38. The minimum absolute atomic E-state index is 0.0514. The molecule has 4 rings (SSSR count). The molecular formula is C29H37N3O. The van der Waals surface area contributed by atoms with E-state index in [2.05, 4.69) is 93.6 Å². The molecule has 1 atom stereocenters. The number of ketones is 1. The number of Topliss-reactive ketones (excluding diaryl/α,β-unsaturated/α-hetero) is 1. The predicted molar refractivity (Wildman–Crippen MR) is 136 cm³/mol. The van der Waals surface area contributed by atoms with E-state index in [4.69, 9.17) is 0 Å². The quantitative estimate of drug-likeness (QED) is 0.378. The van der Waals surface area contributed by atoms with Crippen molar-refractivity contribution in [2.75, 3.05) is 5.32 Å².